The number of rotatable bonds is 3. The van der Waals surface area contributed by atoms with Gasteiger partial charge in [0.2, 0.25) is 5.43 Å². The van der Waals surface area contributed by atoms with Gasteiger partial charge in [0.1, 0.15) is 23.0 Å². The van der Waals surface area contributed by atoms with E-state index in [9.17, 15) is 32.7 Å². The van der Waals surface area contributed by atoms with Gasteiger partial charge in [0, 0.05) is 30.4 Å². The zero-order chi connectivity index (χ0) is 20.9. The van der Waals surface area contributed by atoms with Crippen molar-refractivity contribution in [3.8, 4) is 5.75 Å². The first-order valence-electron chi connectivity index (χ1n) is 8.65. The number of amides is 2. The van der Waals surface area contributed by atoms with Gasteiger partial charge in [-0.15, -0.1) is 0 Å². The highest BCUT2D eigenvalue weighted by molar-refractivity contribution is 5.99. The summed E-state index contributed by atoms with van der Waals surface area (Å²) in [6.45, 7) is -0.646. The minimum Gasteiger partial charge on any atom is -0.503 e. The molecule has 0 unspecified atom stereocenters. The summed E-state index contributed by atoms with van der Waals surface area (Å²) in [7, 11) is 0. The van der Waals surface area contributed by atoms with Gasteiger partial charge in [-0.2, -0.15) is 0 Å². The lowest BCUT2D eigenvalue weighted by atomic mass is 10.0. The second kappa shape index (κ2) is 6.80. The molecule has 7 nitrogen and oxygen atoms in total. The fourth-order valence-electron chi connectivity index (χ4n) is 3.56. The van der Waals surface area contributed by atoms with Gasteiger partial charge in [0.15, 0.2) is 11.4 Å². The van der Waals surface area contributed by atoms with Gasteiger partial charge in [-0.05, 0) is 6.42 Å². The second-order valence-electron chi connectivity index (χ2n) is 6.74. The molecule has 1 aliphatic carbocycles. The molecule has 0 fully saturated rings. The van der Waals surface area contributed by atoms with Gasteiger partial charge < -0.3 is 20.3 Å². The number of hydrogen-bond donors (Lipinski definition) is 3. The predicted octanol–water partition coefficient (Wildman–Crippen LogP) is 1.51. The Morgan fingerprint density at radius 2 is 1.93 bits per heavy atom. The van der Waals surface area contributed by atoms with Gasteiger partial charge >= 0.3 is 0 Å². The van der Waals surface area contributed by atoms with E-state index < -0.39 is 58.1 Å². The number of aromatic nitrogens is 1. The predicted molar refractivity (Wildman–Crippen MR) is 93.9 cm³/mol. The van der Waals surface area contributed by atoms with Crippen molar-refractivity contribution in [1.82, 2.24) is 15.2 Å². The van der Waals surface area contributed by atoms with Gasteiger partial charge in [-0.3, -0.25) is 14.4 Å². The van der Waals surface area contributed by atoms with E-state index in [2.05, 4.69) is 10.6 Å². The number of allylic oxidation sites excluding steroid dienone is 1. The number of nitrogens with zero attached hydrogens (tertiary/aromatic N) is 1. The number of benzene rings is 1. The van der Waals surface area contributed by atoms with Crippen LogP contribution in [0.2, 0.25) is 0 Å². The fourth-order valence-corrected chi connectivity index (χ4v) is 3.56. The van der Waals surface area contributed by atoms with Crippen molar-refractivity contribution in [2.45, 2.75) is 25.0 Å². The van der Waals surface area contributed by atoms with Crippen LogP contribution in [-0.4, -0.2) is 27.5 Å². The van der Waals surface area contributed by atoms with E-state index in [0.29, 0.717) is 18.6 Å². The summed E-state index contributed by atoms with van der Waals surface area (Å²) in [4.78, 5) is 37.1. The van der Waals surface area contributed by atoms with Crippen LogP contribution in [0.1, 0.15) is 38.9 Å². The van der Waals surface area contributed by atoms with Crippen molar-refractivity contribution < 1.29 is 27.9 Å². The second-order valence-corrected chi connectivity index (χ2v) is 6.74. The van der Waals surface area contributed by atoms with Crippen LogP contribution in [0, 0.1) is 17.5 Å². The van der Waals surface area contributed by atoms with E-state index >= 15 is 0 Å². The molecule has 4 rings (SSSR count). The molecule has 2 atom stereocenters. The number of carbonyl (C=O) groups excluding carboxylic acids is 2. The van der Waals surface area contributed by atoms with Gasteiger partial charge in [-0.25, -0.2) is 13.2 Å². The molecule has 2 heterocycles. The highest BCUT2D eigenvalue weighted by atomic mass is 19.1. The third-order valence-electron chi connectivity index (χ3n) is 4.99. The quantitative estimate of drug-likeness (QED) is 0.674. The summed E-state index contributed by atoms with van der Waals surface area (Å²) in [6.07, 6.45) is 5.24. The number of pyridine rings is 1. The van der Waals surface area contributed by atoms with Crippen molar-refractivity contribution in [2.75, 3.05) is 0 Å². The van der Waals surface area contributed by atoms with Crippen LogP contribution in [-0.2, 0) is 6.54 Å². The molecule has 2 aromatic rings. The lowest BCUT2D eigenvalue weighted by molar-refractivity contribution is 0.0884. The Hall–Kier alpha value is -3.56. The van der Waals surface area contributed by atoms with Crippen molar-refractivity contribution in [3.05, 3.63) is 75.0 Å². The zero-order valence-corrected chi connectivity index (χ0v) is 14.7. The SMILES string of the molecule is O=C(NCc1c(F)cc(F)cc1F)c1cn2c(c(O)c1=O)C(=O)N[C@H]1C=CC[C@H]12. The Kier molecular flexibility index (Phi) is 4.40. The van der Waals surface area contributed by atoms with Crippen molar-refractivity contribution in [3.63, 3.8) is 0 Å². The van der Waals surface area contributed by atoms with Gasteiger partial charge in [0.25, 0.3) is 11.8 Å². The fraction of sp³-hybridized carbons (Fsp3) is 0.211. The summed E-state index contributed by atoms with van der Waals surface area (Å²) in [5.74, 6) is -6.04. The van der Waals surface area contributed by atoms with Gasteiger partial charge in [0.05, 0.1) is 12.1 Å². The van der Waals surface area contributed by atoms with Crippen LogP contribution in [0.5, 0.6) is 5.75 Å². The molecule has 0 bridgehead atoms. The number of hydrogen-bond acceptors (Lipinski definition) is 4. The van der Waals surface area contributed by atoms with Crippen molar-refractivity contribution in [2.24, 2.45) is 0 Å². The Labute approximate surface area is 161 Å². The molecular weight excluding hydrogens is 391 g/mol. The first-order valence-corrected chi connectivity index (χ1v) is 8.65. The summed E-state index contributed by atoms with van der Waals surface area (Å²) in [5.41, 5.74) is -2.42. The molecule has 10 heteroatoms. The van der Waals surface area contributed by atoms with Crippen LogP contribution in [0.4, 0.5) is 13.2 Å². The van der Waals surface area contributed by atoms with E-state index in [1.807, 2.05) is 6.08 Å². The number of carbonyl (C=O) groups is 2. The molecule has 2 amide bonds. The molecule has 1 aliphatic heterocycles. The van der Waals surface area contributed by atoms with Crippen LogP contribution in [0.15, 0.2) is 35.3 Å². The molecule has 2 aliphatic rings. The molecule has 0 radical (unpaired) electrons. The Morgan fingerprint density at radius 3 is 2.62 bits per heavy atom. The van der Waals surface area contributed by atoms with Crippen LogP contribution >= 0.6 is 0 Å². The lowest BCUT2D eigenvalue weighted by Gasteiger charge is -2.31. The van der Waals surface area contributed by atoms with E-state index in [4.69, 9.17) is 0 Å². The van der Waals surface area contributed by atoms with Gasteiger partial charge in [-0.1, -0.05) is 12.2 Å². The maximum Gasteiger partial charge on any atom is 0.272 e. The molecule has 3 N–H and O–H groups in total. The number of aromatic hydroxyl groups is 1. The van der Waals surface area contributed by atoms with E-state index in [1.165, 1.54) is 4.57 Å². The number of nitrogens with one attached hydrogen (secondary N) is 2. The Bertz CT molecular complexity index is 1120. The monoisotopic (exact) mass is 405 g/mol. The van der Waals surface area contributed by atoms with Crippen LogP contribution < -0.4 is 16.1 Å². The van der Waals surface area contributed by atoms with Crippen molar-refractivity contribution in [1.29, 1.82) is 0 Å². The average molecular weight is 405 g/mol. The molecule has 29 heavy (non-hydrogen) atoms. The Balaban J connectivity index is 1.67. The lowest BCUT2D eigenvalue weighted by Crippen LogP contribution is -2.46. The molecule has 1 aromatic heterocycles. The number of fused-ring (bicyclic) bond motifs is 3. The molecule has 0 spiro atoms. The summed E-state index contributed by atoms with van der Waals surface area (Å²) in [6, 6.07) is 0.259. The third kappa shape index (κ3) is 3.06. The molecule has 0 saturated heterocycles. The highest BCUT2D eigenvalue weighted by Crippen LogP contribution is 2.32. The molecule has 150 valence electrons. The maximum absolute atomic E-state index is 13.7. The summed E-state index contributed by atoms with van der Waals surface area (Å²) < 4.78 is 41.8. The first kappa shape index (κ1) is 18.8. The number of halogens is 3. The topological polar surface area (TPSA) is 100 Å². The van der Waals surface area contributed by atoms with E-state index in [0.717, 1.165) is 6.20 Å². The summed E-state index contributed by atoms with van der Waals surface area (Å²) >= 11 is 0. The molecule has 0 saturated carbocycles. The normalized spacial score (nSPS) is 19.5. The minimum atomic E-state index is -1.19. The standard InChI is InChI=1S/C19H14F3N3O4/c20-8-4-11(21)9(12(22)5-8)6-23-18(28)10-7-25-14-3-1-2-13(14)24-19(29)15(25)17(27)16(10)26/h1-2,4-5,7,13-14,27H,3,6H2,(H,23,28)(H,24,29)/t13-,14+/m0/s1. The highest BCUT2D eigenvalue weighted by Gasteiger charge is 2.37. The third-order valence-corrected chi connectivity index (χ3v) is 4.99. The zero-order valence-electron chi connectivity index (χ0n) is 14.7. The van der Waals surface area contributed by atoms with Crippen LogP contribution in [0.25, 0.3) is 0 Å². The van der Waals surface area contributed by atoms with E-state index in [1.54, 1.807) is 6.08 Å². The molecular formula is C19H14F3N3O4. The van der Waals surface area contributed by atoms with E-state index in [-0.39, 0.29) is 17.8 Å². The maximum atomic E-state index is 13.7. The average Bonchev–Trinajstić information content (AvgIpc) is 3.11. The molecule has 1 aromatic carbocycles. The smallest absolute Gasteiger partial charge is 0.272 e. The van der Waals surface area contributed by atoms with Crippen molar-refractivity contribution >= 4 is 11.8 Å². The van der Waals surface area contributed by atoms with Crippen LogP contribution in [0.3, 0.4) is 0 Å². The Morgan fingerprint density at radius 1 is 1.24 bits per heavy atom. The summed E-state index contributed by atoms with van der Waals surface area (Å²) in [5, 5.41) is 15.0. The minimum absolute atomic E-state index is 0.257. The largest absolute Gasteiger partial charge is 0.503 e. The first-order chi connectivity index (χ1) is 13.8.